The summed E-state index contributed by atoms with van der Waals surface area (Å²) in [5.74, 6) is 0. The molecule has 0 nitrogen and oxygen atoms in total. The Morgan fingerprint density at radius 2 is 2.22 bits per heavy atom. The van der Waals surface area contributed by atoms with Crippen LogP contribution in [0.3, 0.4) is 0 Å². The first-order chi connectivity index (χ1) is 4.31. The van der Waals surface area contributed by atoms with E-state index in [1.807, 2.05) is 0 Å². The monoisotopic (exact) mass is 125 g/mol. The molecule has 0 N–H and O–H groups in total. The van der Waals surface area contributed by atoms with Crippen LogP contribution >= 0.6 is 0 Å². The van der Waals surface area contributed by atoms with Gasteiger partial charge in [-0.15, -0.1) is 0 Å². The molecule has 9 heavy (non-hydrogen) atoms. The highest BCUT2D eigenvalue weighted by molar-refractivity contribution is 4.98. The van der Waals surface area contributed by atoms with Crippen LogP contribution in [0.2, 0.25) is 0 Å². The Hall–Kier alpha value is -0.260. The van der Waals surface area contributed by atoms with Gasteiger partial charge in [-0.1, -0.05) is 31.4 Å². The highest BCUT2D eigenvalue weighted by atomic mass is 13.9. The Labute approximate surface area is 59.0 Å². The van der Waals surface area contributed by atoms with E-state index in [4.69, 9.17) is 0 Å². The molecule has 0 heterocycles. The fraction of sp³-hybridized carbons (Fsp3) is 0.667. The van der Waals surface area contributed by atoms with Crippen LogP contribution in [0.25, 0.3) is 0 Å². The van der Waals surface area contributed by atoms with Gasteiger partial charge in [0.1, 0.15) is 0 Å². The maximum absolute atomic E-state index is 3.80. The van der Waals surface area contributed by atoms with Gasteiger partial charge in [0.05, 0.1) is 0 Å². The summed E-state index contributed by atoms with van der Waals surface area (Å²) in [7, 11) is 0. The Balaban J connectivity index is 3.21. The molecule has 0 aliphatic rings. The summed E-state index contributed by atoms with van der Waals surface area (Å²) in [6, 6.07) is 0. The summed E-state index contributed by atoms with van der Waals surface area (Å²) < 4.78 is 0. The predicted octanol–water partition coefficient (Wildman–Crippen LogP) is 3.35. The van der Waals surface area contributed by atoms with E-state index in [0.717, 1.165) is 6.42 Å². The SMILES string of the molecule is [CH2]CC(C)=CCCCC. The first-order valence-electron chi connectivity index (χ1n) is 3.76. The number of hydrogen-bond donors (Lipinski definition) is 0. The minimum absolute atomic E-state index is 0.962. The molecular weight excluding hydrogens is 108 g/mol. The molecule has 0 spiro atoms. The maximum Gasteiger partial charge on any atom is -0.0323 e. The molecule has 0 aromatic heterocycles. The molecule has 0 aliphatic carbocycles. The van der Waals surface area contributed by atoms with Gasteiger partial charge in [-0.05, 0) is 26.7 Å². The number of allylic oxidation sites excluding steroid dienone is 2. The van der Waals surface area contributed by atoms with Crippen LogP contribution in [-0.2, 0) is 0 Å². The molecule has 0 unspecified atom stereocenters. The number of rotatable bonds is 4. The molecule has 0 aromatic carbocycles. The van der Waals surface area contributed by atoms with E-state index in [1.165, 1.54) is 24.8 Å². The normalized spacial score (nSPS) is 12.1. The van der Waals surface area contributed by atoms with Gasteiger partial charge in [-0.25, -0.2) is 0 Å². The molecule has 0 saturated heterocycles. The molecule has 0 atom stereocenters. The Bertz CT molecular complexity index is 80.0. The number of hydrogen-bond acceptors (Lipinski definition) is 0. The van der Waals surface area contributed by atoms with E-state index in [9.17, 15) is 0 Å². The molecule has 0 heteroatoms. The van der Waals surface area contributed by atoms with Gasteiger partial charge in [-0.2, -0.15) is 0 Å². The Morgan fingerprint density at radius 1 is 1.56 bits per heavy atom. The van der Waals surface area contributed by atoms with Crippen molar-refractivity contribution in [3.63, 3.8) is 0 Å². The van der Waals surface area contributed by atoms with Crippen molar-refractivity contribution in [1.82, 2.24) is 0 Å². The van der Waals surface area contributed by atoms with Gasteiger partial charge in [0, 0.05) is 0 Å². The van der Waals surface area contributed by atoms with Gasteiger partial charge < -0.3 is 0 Å². The molecule has 0 saturated carbocycles. The van der Waals surface area contributed by atoms with Crippen LogP contribution < -0.4 is 0 Å². The topological polar surface area (TPSA) is 0 Å². The third kappa shape index (κ3) is 5.61. The second kappa shape index (κ2) is 5.87. The second-order valence-corrected chi connectivity index (χ2v) is 2.44. The molecule has 53 valence electrons. The Morgan fingerprint density at radius 3 is 2.67 bits per heavy atom. The van der Waals surface area contributed by atoms with Crippen LogP contribution in [0.4, 0.5) is 0 Å². The van der Waals surface area contributed by atoms with Gasteiger partial charge >= 0.3 is 0 Å². The van der Waals surface area contributed by atoms with Gasteiger partial charge in [0.2, 0.25) is 0 Å². The average Bonchev–Trinajstić information content (AvgIpc) is 1.89. The lowest BCUT2D eigenvalue weighted by Crippen LogP contribution is -1.72. The van der Waals surface area contributed by atoms with E-state index < -0.39 is 0 Å². The van der Waals surface area contributed by atoms with E-state index in [1.54, 1.807) is 0 Å². The van der Waals surface area contributed by atoms with E-state index in [-0.39, 0.29) is 0 Å². The van der Waals surface area contributed by atoms with Gasteiger partial charge in [0.15, 0.2) is 0 Å². The summed E-state index contributed by atoms with van der Waals surface area (Å²) in [5.41, 5.74) is 1.42. The van der Waals surface area contributed by atoms with E-state index >= 15 is 0 Å². The Kier molecular flexibility index (Phi) is 5.70. The van der Waals surface area contributed by atoms with Crippen LogP contribution in [0.15, 0.2) is 11.6 Å². The quantitative estimate of drug-likeness (QED) is 0.399. The predicted molar refractivity (Wildman–Crippen MR) is 43.3 cm³/mol. The number of unbranched alkanes of at least 4 members (excludes halogenated alkanes) is 2. The van der Waals surface area contributed by atoms with E-state index in [2.05, 4.69) is 26.8 Å². The molecule has 0 aromatic rings. The fourth-order valence-electron chi connectivity index (χ4n) is 0.655. The molecule has 1 radical (unpaired) electrons. The third-order valence-corrected chi connectivity index (χ3v) is 1.44. The van der Waals surface area contributed by atoms with Crippen molar-refractivity contribution < 1.29 is 0 Å². The maximum atomic E-state index is 3.80. The van der Waals surface area contributed by atoms with Crippen LogP contribution in [0, 0.1) is 6.92 Å². The molecule has 0 fully saturated rings. The summed E-state index contributed by atoms with van der Waals surface area (Å²) in [4.78, 5) is 0. The second-order valence-electron chi connectivity index (χ2n) is 2.44. The zero-order chi connectivity index (χ0) is 7.11. The average molecular weight is 125 g/mol. The zero-order valence-electron chi connectivity index (χ0n) is 6.61. The minimum atomic E-state index is 0.962. The smallest absolute Gasteiger partial charge is 0.0323 e. The van der Waals surface area contributed by atoms with Crippen molar-refractivity contribution in [1.29, 1.82) is 0 Å². The van der Waals surface area contributed by atoms with Crippen molar-refractivity contribution in [2.75, 3.05) is 0 Å². The largest absolute Gasteiger partial charge is 0.0856 e. The first kappa shape index (κ1) is 8.74. The van der Waals surface area contributed by atoms with Crippen LogP contribution in [-0.4, -0.2) is 0 Å². The zero-order valence-corrected chi connectivity index (χ0v) is 6.61. The van der Waals surface area contributed by atoms with Gasteiger partial charge in [0.25, 0.3) is 0 Å². The summed E-state index contributed by atoms with van der Waals surface area (Å²) >= 11 is 0. The summed E-state index contributed by atoms with van der Waals surface area (Å²) in [6.45, 7) is 8.15. The molecular formula is C9H17. The molecule has 0 bridgehead atoms. The lowest BCUT2D eigenvalue weighted by Gasteiger charge is -1.93. The third-order valence-electron chi connectivity index (χ3n) is 1.44. The van der Waals surface area contributed by atoms with Crippen molar-refractivity contribution in [3.8, 4) is 0 Å². The van der Waals surface area contributed by atoms with E-state index in [0.29, 0.717) is 0 Å². The van der Waals surface area contributed by atoms with Crippen LogP contribution in [0.1, 0.15) is 39.5 Å². The first-order valence-corrected chi connectivity index (χ1v) is 3.76. The van der Waals surface area contributed by atoms with Crippen molar-refractivity contribution in [2.45, 2.75) is 39.5 Å². The molecule has 0 aliphatic heterocycles. The van der Waals surface area contributed by atoms with Crippen molar-refractivity contribution in [2.24, 2.45) is 0 Å². The van der Waals surface area contributed by atoms with Crippen molar-refractivity contribution >= 4 is 0 Å². The summed E-state index contributed by atoms with van der Waals surface area (Å²) in [5, 5.41) is 0. The highest BCUT2D eigenvalue weighted by Crippen LogP contribution is 2.02. The van der Waals surface area contributed by atoms with Crippen molar-refractivity contribution in [3.05, 3.63) is 18.6 Å². The van der Waals surface area contributed by atoms with Crippen LogP contribution in [0.5, 0.6) is 0 Å². The lowest BCUT2D eigenvalue weighted by atomic mass is 10.1. The minimum Gasteiger partial charge on any atom is -0.0856 e. The molecule has 0 rings (SSSR count). The fourth-order valence-corrected chi connectivity index (χ4v) is 0.655. The molecule has 0 amide bonds. The lowest BCUT2D eigenvalue weighted by molar-refractivity contribution is 0.809. The van der Waals surface area contributed by atoms with Gasteiger partial charge in [-0.3, -0.25) is 0 Å². The summed E-state index contributed by atoms with van der Waals surface area (Å²) in [6.07, 6.45) is 7.09. The standard InChI is InChI=1S/C9H17/c1-4-6-7-8-9(3)5-2/h8H,2,4-7H2,1,3H3. The highest BCUT2D eigenvalue weighted by Gasteiger charge is 1.82.